The molecule has 4 rings (SSSR count). The summed E-state index contributed by atoms with van der Waals surface area (Å²) < 4.78 is 7.21. The lowest BCUT2D eigenvalue weighted by molar-refractivity contribution is -0.118. The first-order valence-corrected chi connectivity index (χ1v) is 11.8. The van der Waals surface area contributed by atoms with Gasteiger partial charge in [-0.15, -0.1) is 10.2 Å². The first kappa shape index (κ1) is 22.9. The number of rotatable bonds is 9. The number of hydrogen-bond donors (Lipinski definition) is 1. The molecule has 0 spiro atoms. The summed E-state index contributed by atoms with van der Waals surface area (Å²) in [6.45, 7) is 0.430. The highest BCUT2D eigenvalue weighted by molar-refractivity contribution is 7.99. The van der Waals surface area contributed by atoms with E-state index in [1.54, 1.807) is 7.11 Å². The predicted molar refractivity (Wildman–Crippen MR) is 131 cm³/mol. The molecule has 0 bridgehead atoms. The number of carbonyl (C=O) groups excluding carboxylic acids is 1. The molecule has 3 aromatic carbocycles. The number of halogens is 1. The van der Waals surface area contributed by atoms with Gasteiger partial charge in [-0.2, -0.15) is 0 Å². The van der Waals surface area contributed by atoms with Crippen molar-refractivity contribution in [1.82, 2.24) is 20.1 Å². The van der Waals surface area contributed by atoms with E-state index in [0.717, 1.165) is 28.4 Å². The van der Waals surface area contributed by atoms with Gasteiger partial charge < -0.3 is 10.1 Å². The van der Waals surface area contributed by atoms with E-state index < -0.39 is 0 Å². The molecule has 1 aromatic heterocycles. The second kappa shape index (κ2) is 11.0. The maximum atomic E-state index is 12.5. The number of ether oxygens (including phenoxy) is 1. The zero-order valence-corrected chi connectivity index (χ0v) is 19.6. The highest BCUT2D eigenvalue weighted by Crippen LogP contribution is 2.24. The molecule has 0 aliphatic heterocycles. The summed E-state index contributed by atoms with van der Waals surface area (Å²) in [5, 5.41) is 13.0. The fraction of sp³-hybridized carbons (Fsp3) is 0.160. The predicted octanol–water partition coefficient (Wildman–Crippen LogP) is 4.93. The Labute approximate surface area is 202 Å². The van der Waals surface area contributed by atoms with Crippen LogP contribution in [0.1, 0.15) is 17.0 Å². The second-order valence-corrected chi connectivity index (χ2v) is 8.67. The number of amides is 1. The molecule has 8 heteroatoms. The average Bonchev–Trinajstić information content (AvgIpc) is 3.25. The number of methoxy groups -OCH3 is 1. The first-order valence-electron chi connectivity index (χ1n) is 10.4. The van der Waals surface area contributed by atoms with E-state index in [4.69, 9.17) is 16.3 Å². The number of nitrogens with one attached hydrogen (secondary N) is 1. The van der Waals surface area contributed by atoms with Crippen LogP contribution in [-0.4, -0.2) is 33.5 Å². The molecule has 1 amide bonds. The third-order valence-electron chi connectivity index (χ3n) is 4.95. The first-order chi connectivity index (χ1) is 16.1. The summed E-state index contributed by atoms with van der Waals surface area (Å²) in [5.74, 6) is 1.69. The Balaban J connectivity index is 1.47. The number of nitrogens with zero attached hydrogens (tertiary/aromatic N) is 3. The van der Waals surface area contributed by atoms with Gasteiger partial charge in [0.05, 0.1) is 12.9 Å². The van der Waals surface area contributed by atoms with Crippen LogP contribution < -0.4 is 10.1 Å². The summed E-state index contributed by atoms with van der Waals surface area (Å²) >= 11 is 7.43. The molecule has 0 saturated heterocycles. The van der Waals surface area contributed by atoms with E-state index in [0.29, 0.717) is 23.1 Å². The summed E-state index contributed by atoms with van der Waals surface area (Å²) in [5.41, 5.74) is 3.00. The van der Waals surface area contributed by atoms with E-state index in [2.05, 4.69) is 27.6 Å². The molecule has 0 saturated carbocycles. The van der Waals surface area contributed by atoms with Crippen molar-refractivity contribution in [3.63, 3.8) is 0 Å². The van der Waals surface area contributed by atoms with Crippen molar-refractivity contribution in [2.45, 2.75) is 18.1 Å². The minimum Gasteiger partial charge on any atom is -0.497 e. The van der Waals surface area contributed by atoms with Gasteiger partial charge in [-0.1, -0.05) is 65.8 Å². The lowest BCUT2D eigenvalue weighted by atomic mass is 10.1. The SMILES string of the molecule is COc1cccc(CNC(=O)CSc2nnc(Cc3ccccc3)n2-c2ccc(Cl)cc2)c1. The average molecular weight is 479 g/mol. The molecule has 1 heterocycles. The van der Waals surface area contributed by atoms with Crippen LogP contribution >= 0.6 is 23.4 Å². The van der Waals surface area contributed by atoms with Gasteiger partial charge in [0.1, 0.15) is 11.6 Å². The number of benzene rings is 3. The van der Waals surface area contributed by atoms with Crippen molar-refractivity contribution < 1.29 is 9.53 Å². The van der Waals surface area contributed by atoms with Gasteiger partial charge in [-0.25, -0.2) is 0 Å². The van der Waals surface area contributed by atoms with E-state index >= 15 is 0 Å². The van der Waals surface area contributed by atoms with Crippen molar-refractivity contribution in [1.29, 1.82) is 0 Å². The van der Waals surface area contributed by atoms with Gasteiger partial charge in [0.25, 0.3) is 0 Å². The maximum absolute atomic E-state index is 12.5. The third-order valence-corrected chi connectivity index (χ3v) is 6.13. The van der Waals surface area contributed by atoms with E-state index in [9.17, 15) is 4.79 Å². The van der Waals surface area contributed by atoms with E-state index in [-0.39, 0.29) is 11.7 Å². The quantitative estimate of drug-likeness (QED) is 0.345. The Morgan fingerprint density at radius 3 is 2.52 bits per heavy atom. The Kier molecular flexibility index (Phi) is 7.65. The number of hydrogen-bond acceptors (Lipinski definition) is 5. The van der Waals surface area contributed by atoms with Gasteiger partial charge in [0, 0.05) is 23.7 Å². The zero-order chi connectivity index (χ0) is 23.0. The van der Waals surface area contributed by atoms with Crippen molar-refractivity contribution in [3.05, 3.63) is 101 Å². The molecule has 0 aliphatic rings. The van der Waals surface area contributed by atoms with Gasteiger partial charge in [0.2, 0.25) is 5.91 Å². The molecular weight excluding hydrogens is 456 g/mol. The summed E-state index contributed by atoms with van der Waals surface area (Å²) in [4.78, 5) is 12.5. The van der Waals surface area contributed by atoms with Gasteiger partial charge in [-0.05, 0) is 47.5 Å². The Bertz CT molecular complexity index is 1210. The monoisotopic (exact) mass is 478 g/mol. The maximum Gasteiger partial charge on any atom is 0.230 e. The van der Waals surface area contributed by atoms with Gasteiger partial charge in [-0.3, -0.25) is 9.36 Å². The van der Waals surface area contributed by atoms with E-state index in [1.807, 2.05) is 71.3 Å². The lowest BCUT2D eigenvalue weighted by Gasteiger charge is -2.11. The minimum absolute atomic E-state index is 0.0851. The highest BCUT2D eigenvalue weighted by Gasteiger charge is 2.16. The summed E-state index contributed by atoms with van der Waals surface area (Å²) in [6, 6.07) is 25.2. The van der Waals surface area contributed by atoms with Crippen LogP contribution in [0.15, 0.2) is 84.0 Å². The molecule has 0 atom stereocenters. The van der Waals surface area contributed by atoms with Crippen LogP contribution in [0.4, 0.5) is 0 Å². The van der Waals surface area contributed by atoms with Crippen molar-refractivity contribution in [2.75, 3.05) is 12.9 Å². The summed E-state index contributed by atoms with van der Waals surface area (Å²) in [7, 11) is 1.62. The van der Waals surface area contributed by atoms with Crippen molar-refractivity contribution >= 4 is 29.3 Å². The van der Waals surface area contributed by atoms with Gasteiger partial charge in [0.15, 0.2) is 5.16 Å². The molecule has 6 nitrogen and oxygen atoms in total. The number of thioether (sulfide) groups is 1. The third kappa shape index (κ3) is 6.15. The topological polar surface area (TPSA) is 69.0 Å². The number of carbonyl (C=O) groups is 1. The van der Waals surface area contributed by atoms with Gasteiger partial charge >= 0.3 is 0 Å². The van der Waals surface area contributed by atoms with Crippen LogP contribution in [0.5, 0.6) is 5.75 Å². The van der Waals surface area contributed by atoms with Crippen LogP contribution in [-0.2, 0) is 17.8 Å². The minimum atomic E-state index is -0.0851. The molecule has 168 valence electrons. The lowest BCUT2D eigenvalue weighted by Crippen LogP contribution is -2.24. The molecule has 1 N–H and O–H groups in total. The number of aromatic nitrogens is 3. The largest absolute Gasteiger partial charge is 0.497 e. The molecule has 0 fully saturated rings. The molecule has 0 radical (unpaired) electrons. The normalized spacial score (nSPS) is 10.7. The standard InChI is InChI=1S/C25H23ClN4O2S/c1-32-22-9-5-8-19(14-22)16-27-24(31)17-33-25-29-28-23(15-18-6-3-2-4-7-18)30(25)21-12-10-20(26)11-13-21/h2-14H,15-17H2,1H3,(H,27,31). The fourth-order valence-corrected chi connectivity index (χ4v) is 4.23. The van der Waals surface area contributed by atoms with Crippen LogP contribution in [0.3, 0.4) is 0 Å². The molecule has 0 aliphatic carbocycles. The Morgan fingerprint density at radius 2 is 1.76 bits per heavy atom. The zero-order valence-electron chi connectivity index (χ0n) is 18.1. The molecular formula is C25H23ClN4O2S. The van der Waals surface area contributed by atoms with Crippen molar-refractivity contribution in [3.8, 4) is 11.4 Å². The Morgan fingerprint density at radius 1 is 1.00 bits per heavy atom. The summed E-state index contributed by atoms with van der Waals surface area (Å²) in [6.07, 6.45) is 0.624. The fourth-order valence-electron chi connectivity index (χ4n) is 3.30. The van der Waals surface area contributed by atoms with Crippen molar-refractivity contribution in [2.24, 2.45) is 0 Å². The molecule has 4 aromatic rings. The highest BCUT2D eigenvalue weighted by atomic mass is 35.5. The molecule has 33 heavy (non-hydrogen) atoms. The Hall–Kier alpha value is -3.29. The second-order valence-electron chi connectivity index (χ2n) is 7.29. The smallest absolute Gasteiger partial charge is 0.230 e. The molecule has 0 unspecified atom stereocenters. The van der Waals surface area contributed by atoms with Crippen LogP contribution in [0.25, 0.3) is 5.69 Å². The van der Waals surface area contributed by atoms with Crippen LogP contribution in [0, 0.1) is 0 Å². The van der Waals surface area contributed by atoms with E-state index in [1.165, 1.54) is 11.8 Å². The van der Waals surface area contributed by atoms with Crippen LogP contribution in [0.2, 0.25) is 5.02 Å².